The van der Waals surface area contributed by atoms with Crippen LogP contribution in [0.25, 0.3) is 0 Å². The molecule has 0 heterocycles. The zero-order chi connectivity index (χ0) is 15.2. The number of rotatable bonds is 5. The lowest BCUT2D eigenvalue weighted by Gasteiger charge is -2.21. The molecule has 0 amide bonds. The van der Waals surface area contributed by atoms with Crippen LogP contribution < -0.4 is 9.64 Å². The molecule has 0 bridgehead atoms. The van der Waals surface area contributed by atoms with Gasteiger partial charge in [-0.15, -0.1) is 0 Å². The molecule has 2 aromatic carbocycles. The fourth-order valence-corrected chi connectivity index (χ4v) is 2.19. The molecule has 0 aliphatic rings. The molecule has 0 fully saturated rings. The van der Waals surface area contributed by atoms with Crippen molar-refractivity contribution >= 4 is 11.7 Å². The van der Waals surface area contributed by atoms with E-state index < -0.39 is 0 Å². The molecule has 2 rings (SSSR count). The average Bonchev–Trinajstić information content (AvgIpc) is 2.49. The number of carbonyl (C=O) groups excluding carboxylic acids is 1. The van der Waals surface area contributed by atoms with Gasteiger partial charge in [0, 0.05) is 24.8 Å². The second kappa shape index (κ2) is 6.93. The van der Waals surface area contributed by atoms with Crippen LogP contribution in [0.3, 0.4) is 0 Å². The van der Waals surface area contributed by atoms with Crippen LogP contribution in [-0.2, 0) is 0 Å². The highest BCUT2D eigenvalue weighted by molar-refractivity contribution is 5.91. The van der Waals surface area contributed by atoms with Crippen molar-refractivity contribution in [1.82, 2.24) is 0 Å². The summed E-state index contributed by atoms with van der Waals surface area (Å²) in [5.41, 5.74) is 2.75. The quantitative estimate of drug-likeness (QED) is 0.612. The number of aryl methyl sites for hydroxylation is 1. The first-order valence-corrected chi connectivity index (χ1v) is 7.28. The van der Waals surface area contributed by atoms with E-state index in [1.54, 1.807) is 18.2 Å². The molecular formula is C18H21NO2. The van der Waals surface area contributed by atoms with Crippen LogP contribution in [0.5, 0.6) is 5.75 Å². The second-order valence-corrected chi connectivity index (χ2v) is 4.93. The molecule has 2 aromatic rings. The van der Waals surface area contributed by atoms with E-state index in [2.05, 4.69) is 18.7 Å². The maximum Gasteiger partial charge on any atom is 0.343 e. The summed E-state index contributed by atoms with van der Waals surface area (Å²) in [4.78, 5) is 14.3. The lowest BCUT2D eigenvalue weighted by Crippen LogP contribution is -2.21. The van der Waals surface area contributed by atoms with Crippen LogP contribution in [0.15, 0.2) is 48.5 Å². The maximum atomic E-state index is 12.1. The molecular weight excluding hydrogens is 262 g/mol. The minimum Gasteiger partial charge on any atom is -0.423 e. The van der Waals surface area contributed by atoms with Crippen molar-refractivity contribution in [3.05, 3.63) is 59.7 Å². The average molecular weight is 283 g/mol. The summed E-state index contributed by atoms with van der Waals surface area (Å²) in [6.45, 7) is 8.05. The Morgan fingerprint density at radius 3 is 2.33 bits per heavy atom. The number of benzene rings is 2. The summed E-state index contributed by atoms with van der Waals surface area (Å²) < 4.78 is 5.45. The number of esters is 1. The number of hydrogen-bond donors (Lipinski definition) is 0. The Morgan fingerprint density at radius 2 is 1.71 bits per heavy atom. The fourth-order valence-electron chi connectivity index (χ4n) is 2.19. The van der Waals surface area contributed by atoms with Gasteiger partial charge >= 0.3 is 5.97 Å². The third-order valence-electron chi connectivity index (χ3n) is 3.44. The highest BCUT2D eigenvalue weighted by atomic mass is 16.5. The van der Waals surface area contributed by atoms with Gasteiger partial charge in [0.1, 0.15) is 5.75 Å². The molecule has 0 unspecified atom stereocenters. The summed E-state index contributed by atoms with van der Waals surface area (Å²) in [6.07, 6.45) is 0. The van der Waals surface area contributed by atoms with Gasteiger partial charge in [0.25, 0.3) is 0 Å². The molecule has 0 aliphatic heterocycles. The minimum atomic E-state index is -0.327. The molecule has 0 radical (unpaired) electrons. The Bertz CT molecular complexity index is 601. The smallest absolute Gasteiger partial charge is 0.343 e. The first-order valence-electron chi connectivity index (χ1n) is 7.28. The third-order valence-corrected chi connectivity index (χ3v) is 3.44. The van der Waals surface area contributed by atoms with Crippen molar-refractivity contribution in [2.45, 2.75) is 20.8 Å². The molecule has 0 saturated heterocycles. The standard InChI is InChI=1S/C18H21NO2/c1-4-19(5-2)16-7-6-8-17(13-16)21-18(20)15-11-9-14(3)10-12-15/h6-13H,4-5H2,1-3H3. The van der Waals surface area contributed by atoms with Crippen LogP contribution in [-0.4, -0.2) is 19.1 Å². The zero-order valence-corrected chi connectivity index (χ0v) is 12.8. The normalized spacial score (nSPS) is 10.2. The van der Waals surface area contributed by atoms with E-state index in [0.29, 0.717) is 11.3 Å². The lowest BCUT2D eigenvalue weighted by molar-refractivity contribution is 0.0735. The van der Waals surface area contributed by atoms with Gasteiger partial charge in [0.15, 0.2) is 0 Å². The van der Waals surface area contributed by atoms with Gasteiger partial charge in [-0.1, -0.05) is 23.8 Å². The topological polar surface area (TPSA) is 29.5 Å². The van der Waals surface area contributed by atoms with Gasteiger partial charge < -0.3 is 9.64 Å². The number of nitrogens with zero attached hydrogens (tertiary/aromatic N) is 1. The van der Waals surface area contributed by atoms with Gasteiger partial charge in [-0.2, -0.15) is 0 Å². The number of anilines is 1. The Hall–Kier alpha value is -2.29. The first-order chi connectivity index (χ1) is 10.1. The Morgan fingerprint density at radius 1 is 1.05 bits per heavy atom. The zero-order valence-electron chi connectivity index (χ0n) is 12.8. The van der Waals surface area contributed by atoms with E-state index in [1.807, 2.05) is 37.3 Å². The molecule has 0 N–H and O–H groups in total. The molecule has 3 heteroatoms. The van der Waals surface area contributed by atoms with Crippen molar-refractivity contribution in [2.75, 3.05) is 18.0 Å². The number of carbonyl (C=O) groups is 1. The highest BCUT2D eigenvalue weighted by Gasteiger charge is 2.09. The van der Waals surface area contributed by atoms with Gasteiger partial charge in [-0.05, 0) is 45.0 Å². The van der Waals surface area contributed by atoms with Gasteiger partial charge in [-0.3, -0.25) is 0 Å². The summed E-state index contributed by atoms with van der Waals surface area (Å²) in [5, 5.41) is 0. The van der Waals surface area contributed by atoms with Crippen LogP contribution in [0.2, 0.25) is 0 Å². The van der Waals surface area contributed by atoms with E-state index >= 15 is 0 Å². The van der Waals surface area contributed by atoms with Gasteiger partial charge in [0.05, 0.1) is 5.56 Å². The van der Waals surface area contributed by atoms with Crippen molar-refractivity contribution < 1.29 is 9.53 Å². The molecule has 0 saturated carbocycles. The van der Waals surface area contributed by atoms with Gasteiger partial charge in [-0.25, -0.2) is 4.79 Å². The first kappa shape index (κ1) is 15.1. The van der Waals surface area contributed by atoms with E-state index in [1.165, 1.54) is 0 Å². The fraction of sp³-hybridized carbons (Fsp3) is 0.278. The summed E-state index contributed by atoms with van der Waals surface area (Å²) in [6, 6.07) is 15.0. The molecule has 0 spiro atoms. The van der Waals surface area contributed by atoms with E-state index in [-0.39, 0.29) is 5.97 Å². The Labute approximate surface area is 126 Å². The molecule has 21 heavy (non-hydrogen) atoms. The molecule has 0 atom stereocenters. The minimum absolute atomic E-state index is 0.327. The van der Waals surface area contributed by atoms with E-state index in [4.69, 9.17) is 4.74 Å². The monoisotopic (exact) mass is 283 g/mol. The van der Waals surface area contributed by atoms with Crippen molar-refractivity contribution in [2.24, 2.45) is 0 Å². The van der Waals surface area contributed by atoms with Crippen LogP contribution in [0.1, 0.15) is 29.8 Å². The summed E-state index contributed by atoms with van der Waals surface area (Å²) >= 11 is 0. The Kier molecular flexibility index (Phi) is 4.99. The highest BCUT2D eigenvalue weighted by Crippen LogP contribution is 2.22. The Balaban J connectivity index is 2.14. The maximum absolute atomic E-state index is 12.1. The van der Waals surface area contributed by atoms with Crippen LogP contribution in [0, 0.1) is 6.92 Å². The second-order valence-electron chi connectivity index (χ2n) is 4.93. The molecule has 0 aromatic heterocycles. The number of hydrogen-bond acceptors (Lipinski definition) is 3. The number of ether oxygens (including phenoxy) is 1. The third kappa shape index (κ3) is 3.85. The van der Waals surface area contributed by atoms with Crippen molar-refractivity contribution in [3.63, 3.8) is 0 Å². The predicted octanol–water partition coefficient (Wildman–Crippen LogP) is 4.06. The predicted molar refractivity (Wildman–Crippen MR) is 86.1 cm³/mol. The van der Waals surface area contributed by atoms with E-state index in [9.17, 15) is 4.79 Å². The SMILES string of the molecule is CCN(CC)c1cccc(OC(=O)c2ccc(C)cc2)c1. The van der Waals surface area contributed by atoms with Crippen LogP contribution in [0.4, 0.5) is 5.69 Å². The molecule has 110 valence electrons. The van der Waals surface area contributed by atoms with Crippen LogP contribution >= 0.6 is 0 Å². The van der Waals surface area contributed by atoms with Crippen molar-refractivity contribution in [1.29, 1.82) is 0 Å². The largest absolute Gasteiger partial charge is 0.423 e. The van der Waals surface area contributed by atoms with Crippen molar-refractivity contribution in [3.8, 4) is 5.75 Å². The summed E-state index contributed by atoms with van der Waals surface area (Å²) in [7, 11) is 0. The summed E-state index contributed by atoms with van der Waals surface area (Å²) in [5.74, 6) is 0.247. The van der Waals surface area contributed by atoms with Gasteiger partial charge in [0.2, 0.25) is 0 Å². The molecule has 0 aliphatic carbocycles. The lowest BCUT2D eigenvalue weighted by atomic mass is 10.1. The molecule has 3 nitrogen and oxygen atoms in total. The van der Waals surface area contributed by atoms with E-state index in [0.717, 1.165) is 24.3 Å².